The first-order valence-electron chi connectivity index (χ1n) is 8.27. The number of hydrogen-bond acceptors (Lipinski definition) is 5. The van der Waals surface area contributed by atoms with E-state index in [4.69, 9.17) is 17.7 Å². The lowest BCUT2D eigenvalue weighted by Crippen LogP contribution is -2.58. The van der Waals surface area contributed by atoms with Gasteiger partial charge < -0.3 is 17.7 Å². The van der Waals surface area contributed by atoms with Crippen molar-refractivity contribution in [3.05, 3.63) is 104 Å². The molecule has 0 radical (unpaired) electrons. The van der Waals surface area contributed by atoms with Gasteiger partial charge in [-0.1, -0.05) is 61.2 Å². The highest BCUT2D eigenvalue weighted by molar-refractivity contribution is 6.58. The van der Waals surface area contributed by atoms with Crippen LogP contribution in [-0.2, 0) is 9.22 Å². The van der Waals surface area contributed by atoms with E-state index in [0.717, 1.165) is 6.08 Å². The van der Waals surface area contributed by atoms with Gasteiger partial charge in [-0.15, -0.1) is 0 Å². The van der Waals surface area contributed by atoms with Gasteiger partial charge in [0.1, 0.15) is 17.2 Å². The Bertz CT molecular complexity index is 767. The van der Waals surface area contributed by atoms with Crippen molar-refractivity contribution in [1.82, 2.24) is 0 Å². The Labute approximate surface area is 158 Å². The second kappa shape index (κ2) is 8.73. The predicted molar refractivity (Wildman–Crippen MR) is 103 cm³/mol. The molecule has 0 aromatic heterocycles. The zero-order valence-electron chi connectivity index (χ0n) is 14.5. The van der Waals surface area contributed by atoms with Crippen LogP contribution in [0.2, 0.25) is 0 Å². The number of benzene rings is 3. The molecule has 0 bridgehead atoms. The van der Waals surface area contributed by atoms with Gasteiger partial charge in [0.2, 0.25) is 0 Å². The van der Waals surface area contributed by atoms with Crippen molar-refractivity contribution in [3.63, 3.8) is 0 Å². The zero-order chi connectivity index (χ0) is 19.0. The van der Waals surface area contributed by atoms with Crippen molar-refractivity contribution >= 4 is 15.0 Å². The summed E-state index contributed by atoms with van der Waals surface area (Å²) in [7, 11) is -4.02. The molecule has 0 unspecified atom stereocenters. The Balaban J connectivity index is 2.00. The summed E-state index contributed by atoms with van der Waals surface area (Å²) in [6, 6.07) is 26.7. The molecule has 0 heterocycles. The fourth-order valence-electron chi connectivity index (χ4n) is 2.19. The van der Waals surface area contributed by atoms with Crippen molar-refractivity contribution in [2.75, 3.05) is 0 Å². The Kier molecular flexibility index (Phi) is 5.91. The fraction of sp³-hybridized carbons (Fsp3) is 0. The smallest absolute Gasteiger partial charge is 0.452 e. The SMILES string of the molecule is C=CC(=O)O[Si](Oc1ccccc1)(Oc1ccccc1)Oc1ccccc1. The lowest BCUT2D eigenvalue weighted by Gasteiger charge is -2.27. The lowest BCUT2D eigenvalue weighted by molar-refractivity contribution is -0.133. The van der Waals surface area contributed by atoms with Crippen LogP contribution in [0.15, 0.2) is 104 Å². The van der Waals surface area contributed by atoms with E-state index in [2.05, 4.69) is 6.58 Å². The summed E-state index contributed by atoms with van der Waals surface area (Å²) in [5.41, 5.74) is 0. The van der Waals surface area contributed by atoms with E-state index in [9.17, 15) is 4.79 Å². The standard InChI is InChI=1S/C21H18O5Si/c1-2-21(22)26-27(23-18-12-6-3-7-13-18,24-19-14-8-4-9-15-19)25-20-16-10-5-11-17-20/h2-17H,1H2. The van der Waals surface area contributed by atoms with Crippen LogP contribution < -0.4 is 13.3 Å². The average Bonchev–Trinajstić information content (AvgIpc) is 2.70. The summed E-state index contributed by atoms with van der Waals surface area (Å²) in [4.78, 5) is 12.1. The van der Waals surface area contributed by atoms with Crippen LogP contribution in [-0.4, -0.2) is 15.0 Å². The first-order chi connectivity index (χ1) is 13.2. The maximum atomic E-state index is 12.1. The van der Waals surface area contributed by atoms with E-state index >= 15 is 0 Å². The Morgan fingerprint density at radius 2 is 1.00 bits per heavy atom. The maximum Gasteiger partial charge on any atom is 0.969 e. The third-order valence-corrected chi connectivity index (χ3v) is 5.26. The average molecular weight is 378 g/mol. The molecule has 27 heavy (non-hydrogen) atoms. The van der Waals surface area contributed by atoms with Gasteiger partial charge >= 0.3 is 15.0 Å². The minimum absolute atomic E-state index is 0.452. The number of para-hydroxylation sites is 3. The Hall–Kier alpha value is -3.51. The first-order valence-corrected chi connectivity index (χ1v) is 9.90. The topological polar surface area (TPSA) is 54.0 Å². The van der Waals surface area contributed by atoms with Crippen molar-refractivity contribution in [1.29, 1.82) is 0 Å². The number of carbonyl (C=O) groups excluding carboxylic acids is 1. The van der Waals surface area contributed by atoms with Crippen molar-refractivity contribution in [2.24, 2.45) is 0 Å². The minimum Gasteiger partial charge on any atom is -0.452 e. The Morgan fingerprint density at radius 1 is 0.667 bits per heavy atom. The normalized spacial score (nSPS) is 10.5. The molecule has 0 aliphatic carbocycles. The van der Waals surface area contributed by atoms with Crippen LogP contribution in [0.1, 0.15) is 0 Å². The van der Waals surface area contributed by atoms with Crippen molar-refractivity contribution < 1.29 is 22.5 Å². The fourth-order valence-corrected chi connectivity index (χ4v) is 4.04. The molecule has 3 aromatic rings. The molecule has 136 valence electrons. The van der Waals surface area contributed by atoms with Crippen LogP contribution in [0.3, 0.4) is 0 Å². The van der Waals surface area contributed by atoms with E-state index in [1.165, 1.54) is 0 Å². The Morgan fingerprint density at radius 3 is 1.30 bits per heavy atom. The van der Waals surface area contributed by atoms with E-state index in [1.807, 2.05) is 18.2 Å². The zero-order valence-corrected chi connectivity index (χ0v) is 15.5. The van der Waals surface area contributed by atoms with E-state index in [1.54, 1.807) is 72.8 Å². The molecule has 3 aromatic carbocycles. The highest BCUT2D eigenvalue weighted by atomic mass is 28.4. The summed E-state index contributed by atoms with van der Waals surface area (Å²) >= 11 is 0. The van der Waals surface area contributed by atoms with Gasteiger partial charge in [-0.3, -0.25) is 0 Å². The van der Waals surface area contributed by atoms with E-state index < -0.39 is 15.0 Å². The molecule has 0 amide bonds. The van der Waals surface area contributed by atoms with Gasteiger partial charge in [-0.05, 0) is 36.4 Å². The van der Waals surface area contributed by atoms with Gasteiger partial charge in [0.25, 0.3) is 0 Å². The van der Waals surface area contributed by atoms with Gasteiger partial charge in [0.05, 0.1) is 0 Å². The summed E-state index contributed by atoms with van der Waals surface area (Å²) in [5, 5.41) is 0. The molecule has 0 saturated carbocycles. The number of hydrogen-bond donors (Lipinski definition) is 0. The first kappa shape index (κ1) is 18.3. The van der Waals surface area contributed by atoms with Crippen LogP contribution in [0.4, 0.5) is 0 Å². The number of carbonyl (C=O) groups is 1. The summed E-state index contributed by atoms with van der Waals surface area (Å²) < 4.78 is 23.5. The van der Waals surface area contributed by atoms with Gasteiger partial charge in [0, 0.05) is 6.08 Å². The molecule has 0 N–H and O–H groups in total. The summed E-state index contributed by atoms with van der Waals surface area (Å²) in [6.45, 7) is 3.45. The highest BCUT2D eigenvalue weighted by Crippen LogP contribution is 2.25. The molecule has 0 saturated heterocycles. The third kappa shape index (κ3) is 5.23. The van der Waals surface area contributed by atoms with Crippen LogP contribution in [0.25, 0.3) is 0 Å². The predicted octanol–water partition coefficient (Wildman–Crippen LogP) is 4.39. The molecule has 6 heteroatoms. The van der Waals surface area contributed by atoms with Crippen LogP contribution in [0.5, 0.6) is 17.2 Å². The molecule has 3 rings (SSSR count). The molecule has 0 aliphatic heterocycles. The monoisotopic (exact) mass is 378 g/mol. The number of rotatable bonds is 8. The summed E-state index contributed by atoms with van der Waals surface area (Å²) in [5.74, 6) is 0.651. The lowest BCUT2D eigenvalue weighted by atomic mass is 10.3. The largest absolute Gasteiger partial charge is 0.969 e. The van der Waals surface area contributed by atoms with E-state index in [-0.39, 0.29) is 0 Å². The van der Waals surface area contributed by atoms with Crippen LogP contribution in [0, 0.1) is 0 Å². The molecule has 0 spiro atoms. The van der Waals surface area contributed by atoms with Crippen molar-refractivity contribution in [3.8, 4) is 17.2 Å². The second-order valence-electron chi connectivity index (χ2n) is 5.37. The molecule has 0 fully saturated rings. The molecular formula is C21H18O5Si. The van der Waals surface area contributed by atoms with Gasteiger partial charge in [-0.2, -0.15) is 0 Å². The third-order valence-electron chi connectivity index (χ3n) is 3.35. The molecule has 0 atom stereocenters. The van der Waals surface area contributed by atoms with E-state index in [0.29, 0.717) is 17.2 Å². The van der Waals surface area contributed by atoms with Crippen LogP contribution >= 0.6 is 0 Å². The van der Waals surface area contributed by atoms with Gasteiger partial charge in [0.15, 0.2) is 0 Å². The highest BCUT2D eigenvalue weighted by Gasteiger charge is 2.59. The molecule has 5 nitrogen and oxygen atoms in total. The second-order valence-corrected chi connectivity index (χ2v) is 7.19. The van der Waals surface area contributed by atoms with Gasteiger partial charge in [-0.25, -0.2) is 4.79 Å². The quantitative estimate of drug-likeness (QED) is 0.430. The minimum atomic E-state index is -4.02. The summed E-state index contributed by atoms with van der Waals surface area (Å²) in [6.07, 6.45) is 1.04. The van der Waals surface area contributed by atoms with Crippen molar-refractivity contribution in [2.45, 2.75) is 0 Å². The maximum absolute atomic E-state index is 12.1. The molecular weight excluding hydrogens is 360 g/mol. The molecule has 0 aliphatic rings.